The van der Waals surface area contributed by atoms with E-state index in [0.29, 0.717) is 0 Å². The minimum atomic E-state index is 0.870. The smallest absolute Gasteiger partial charge is 0.142 e. The quantitative estimate of drug-likeness (QED) is 0.182. The molecule has 0 bridgehead atoms. The van der Waals surface area contributed by atoms with Gasteiger partial charge in [-0.3, -0.25) is 4.79 Å². The first-order chi connectivity index (χ1) is 12.8. The summed E-state index contributed by atoms with van der Waals surface area (Å²) in [5.74, 6) is 0. The van der Waals surface area contributed by atoms with Crippen LogP contribution in [-0.2, 0) is 4.79 Å². The second-order valence-corrected chi connectivity index (χ2v) is 7.25. The van der Waals surface area contributed by atoms with E-state index in [-0.39, 0.29) is 0 Å². The van der Waals surface area contributed by atoms with Crippen molar-refractivity contribution in [3.8, 4) is 0 Å². The summed E-state index contributed by atoms with van der Waals surface area (Å²) in [6.45, 7) is 2.22. The maximum absolute atomic E-state index is 11.0. The third-order valence-electron chi connectivity index (χ3n) is 4.55. The lowest BCUT2D eigenvalue weighted by Crippen LogP contribution is -1.93. The van der Waals surface area contributed by atoms with Crippen LogP contribution in [0, 0.1) is 0 Å². The van der Waals surface area contributed by atoms with E-state index in [4.69, 9.17) is 0 Å². The topological polar surface area (TPSA) is 17.1 Å². The van der Waals surface area contributed by atoms with Gasteiger partial charge in [0.15, 0.2) is 0 Å². The Hall–Kier alpha value is -2.45. The number of aldehydes is 1. The molecule has 0 radical (unpaired) electrons. The fraction of sp³-hybridized carbons (Fsp3) is 0.208. The third-order valence-corrected chi connectivity index (χ3v) is 5.58. The number of hydrogen-bond donors (Lipinski definition) is 0. The Labute approximate surface area is 159 Å². The lowest BCUT2D eigenvalue weighted by molar-refractivity contribution is -0.104. The Morgan fingerprint density at radius 1 is 1.00 bits per heavy atom. The van der Waals surface area contributed by atoms with Gasteiger partial charge < -0.3 is 0 Å². The van der Waals surface area contributed by atoms with Gasteiger partial charge in [0, 0.05) is 15.8 Å². The van der Waals surface area contributed by atoms with E-state index in [1.807, 2.05) is 12.1 Å². The maximum Gasteiger partial charge on any atom is 0.142 e. The number of rotatable bonds is 8. The molecule has 132 valence electrons. The van der Waals surface area contributed by atoms with E-state index in [2.05, 4.69) is 60.8 Å². The maximum atomic E-state index is 11.0. The largest absolute Gasteiger partial charge is 0.299 e. The average Bonchev–Trinajstić information content (AvgIpc) is 3.11. The number of unbranched alkanes of at least 4 members (excludes halogenated alkanes) is 2. The highest BCUT2D eigenvalue weighted by Gasteiger charge is 2.15. The second kappa shape index (κ2) is 9.30. The molecule has 0 fully saturated rings. The van der Waals surface area contributed by atoms with Crippen molar-refractivity contribution in [1.82, 2.24) is 0 Å². The number of benzene rings is 2. The van der Waals surface area contributed by atoms with Gasteiger partial charge in [0.25, 0.3) is 0 Å². The van der Waals surface area contributed by atoms with Gasteiger partial charge in [-0.1, -0.05) is 80.4 Å². The molecule has 0 saturated heterocycles. The van der Waals surface area contributed by atoms with Gasteiger partial charge in [0.05, 0.1) is 0 Å². The molecule has 3 rings (SSSR count). The zero-order chi connectivity index (χ0) is 18.2. The van der Waals surface area contributed by atoms with Crippen molar-refractivity contribution >= 4 is 34.0 Å². The molecule has 2 heteroatoms. The Kier molecular flexibility index (Phi) is 6.56. The summed E-state index contributed by atoms with van der Waals surface area (Å²) >= 11 is 1.79. The minimum Gasteiger partial charge on any atom is -0.299 e. The standard InChI is InChI=1S/C24H24OS/c1-2-3-5-11-20(15-10-17-25)23(19-12-6-4-7-13-19)24-22-16-9-8-14-21(22)18-26-24/h4,6-10,12-18H,2-3,5,11H2,1H3. The first-order valence-electron chi connectivity index (χ1n) is 9.22. The van der Waals surface area contributed by atoms with E-state index < -0.39 is 0 Å². The lowest BCUT2D eigenvalue weighted by Gasteiger charge is -2.13. The summed E-state index contributed by atoms with van der Waals surface area (Å²) in [4.78, 5) is 12.3. The molecule has 0 atom stereocenters. The van der Waals surface area contributed by atoms with Crippen molar-refractivity contribution in [2.24, 2.45) is 0 Å². The lowest BCUT2D eigenvalue weighted by atomic mass is 9.93. The van der Waals surface area contributed by atoms with Crippen LogP contribution in [0.15, 0.2) is 77.7 Å². The van der Waals surface area contributed by atoms with Crippen LogP contribution in [-0.4, -0.2) is 6.29 Å². The van der Waals surface area contributed by atoms with Crippen molar-refractivity contribution in [2.75, 3.05) is 0 Å². The minimum absolute atomic E-state index is 0.870. The molecule has 1 nitrogen and oxygen atoms in total. The molecule has 0 saturated carbocycles. The predicted molar refractivity (Wildman–Crippen MR) is 114 cm³/mol. The van der Waals surface area contributed by atoms with Gasteiger partial charge in [-0.05, 0) is 40.8 Å². The molecule has 3 aromatic rings. The average molecular weight is 361 g/mol. The van der Waals surface area contributed by atoms with Gasteiger partial charge in [0.1, 0.15) is 6.29 Å². The van der Waals surface area contributed by atoms with Crippen LogP contribution in [0.1, 0.15) is 43.0 Å². The molecule has 0 spiro atoms. The summed E-state index contributed by atoms with van der Waals surface area (Å²) in [5, 5.41) is 4.78. The third kappa shape index (κ3) is 4.20. The molecule has 1 heterocycles. The first-order valence-corrected chi connectivity index (χ1v) is 10.1. The van der Waals surface area contributed by atoms with Gasteiger partial charge in [-0.25, -0.2) is 0 Å². The van der Waals surface area contributed by atoms with Crippen molar-refractivity contribution < 1.29 is 4.79 Å². The molecule has 0 aliphatic rings. The second-order valence-electron chi connectivity index (χ2n) is 6.37. The number of hydrogen-bond acceptors (Lipinski definition) is 2. The number of thiophene rings is 1. The summed E-state index contributed by atoms with van der Waals surface area (Å²) in [6.07, 6.45) is 9.00. The number of fused-ring (bicyclic) bond motifs is 1. The number of carbonyl (C=O) groups excluding carboxylic acids is 1. The van der Waals surface area contributed by atoms with Crippen molar-refractivity contribution in [3.05, 3.63) is 88.1 Å². The van der Waals surface area contributed by atoms with Crippen LogP contribution >= 0.6 is 11.3 Å². The van der Waals surface area contributed by atoms with Gasteiger partial charge in [0.2, 0.25) is 0 Å². The fourth-order valence-electron chi connectivity index (χ4n) is 3.27. The zero-order valence-electron chi connectivity index (χ0n) is 15.2. The van der Waals surface area contributed by atoms with E-state index in [0.717, 1.165) is 19.1 Å². The molecule has 2 aromatic carbocycles. The van der Waals surface area contributed by atoms with Crippen molar-refractivity contribution in [2.45, 2.75) is 32.6 Å². The Bertz CT molecular complexity index is 916. The van der Waals surface area contributed by atoms with E-state index in [9.17, 15) is 4.79 Å². The van der Waals surface area contributed by atoms with Gasteiger partial charge in [-0.2, -0.15) is 0 Å². The van der Waals surface area contributed by atoms with Crippen molar-refractivity contribution in [3.63, 3.8) is 0 Å². The molecule has 0 aliphatic carbocycles. The monoisotopic (exact) mass is 360 g/mol. The molecule has 26 heavy (non-hydrogen) atoms. The first kappa shape index (κ1) is 18.3. The number of allylic oxidation sites excluding steroid dienone is 3. The Balaban J connectivity index is 2.21. The highest BCUT2D eigenvalue weighted by atomic mass is 32.1. The summed E-state index contributed by atoms with van der Waals surface area (Å²) in [5.41, 5.74) is 3.71. The highest BCUT2D eigenvalue weighted by molar-refractivity contribution is 7.13. The summed E-state index contributed by atoms with van der Waals surface area (Å²) in [7, 11) is 0. The van der Waals surface area contributed by atoms with E-state index in [1.165, 1.54) is 45.2 Å². The van der Waals surface area contributed by atoms with Crippen LogP contribution in [0.4, 0.5) is 0 Å². The molecule has 0 aliphatic heterocycles. The van der Waals surface area contributed by atoms with Gasteiger partial charge in [-0.15, -0.1) is 11.3 Å². The van der Waals surface area contributed by atoms with E-state index >= 15 is 0 Å². The molecule has 0 amide bonds. The molecule has 0 N–H and O–H groups in total. The zero-order valence-corrected chi connectivity index (χ0v) is 16.0. The normalized spacial score (nSPS) is 12.5. The molecule has 0 unspecified atom stereocenters. The SMILES string of the molecule is CCCCCC(C=CC=O)=C(c1ccccc1)c1scc2ccccc12. The van der Waals surface area contributed by atoms with Crippen LogP contribution in [0.3, 0.4) is 0 Å². The van der Waals surface area contributed by atoms with Crippen LogP contribution < -0.4 is 0 Å². The fourth-order valence-corrected chi connectivity index (χ4v) is 4.40. The highest BCUT2D eigenvalue weighted by Crippen LogP contribution is 2.38. The van der Waals surface area contributed by atoms with Crippen LogP contribution in [0.5, 0.6) is 0 Å². The van der Waals surface area contributed by atoms with Crippen LogP contribution in [0.25, 0.3) is 16.3 Å². The molecular weight excluding hydrogens is 336 g/mol. The van der Waals surface area contributed by atoms with E-state index in [1.54, 1.807) is 17.4 Å². The Morgan fingerprint density at radius 3 is 2.54 bits per heavy atom. The predicted octanol–water partition coefficient (Wildman–Crippen LogP) is 7.04. The van der Waals surface area contributed by atoms with Crippen molar-refractivity contribution in [1.29, 1.82) is 0 Å². The molecular formula is C24H24OS. The summed E-state index contributed by atoms with van der Waals surface area (Å²) < 4.78 is 0. The van der Waals surface area contributed by atoms with Crippen LogP contribution in [0.2, 0.25) is 0 Å². The summed E-state index contributed by atoms with van der Waals surface area (Å²) in [6, 6.07) is 19.1. The number of carbonyl (C=O) groups is 1. The molecule has 1 aromatic heterocycles. The van der Waals surface area contributed by atoms with Gasteiger partial charge >= 0.3 is 0 Å². The Morgan fingerprint density at radius 2 is 1.77 bits per heavy atom.